The molecule has 0 radical (unpaired) electrons. The topological polar surface area (TPSA) is 0 Å². The molecule has 0 bridgehead atoms. The van der Waals surface area contributed by atoms with Crippen LogP contribution in [0.15, 0.2) is 114 Å². The molecule has 3 aliphatic rings. The van der Waals surface area contributed by atoms with E-state index in [1.165, 1.54) is 114 Å². The Morgan fingerprint density at radius 1 is 0.516 bits per heavy atom. The van der Waals surface area contributed by atoms with E-state index < -0.39 is 25.9 Å². The van der Waals surface area contributed by atoms with Gasteiger partial charge in [-0.15, -0.1) is 0 Å². The second-order valence-electron chi connectivity index (χ2n) is 22.5. The molecule has 4 heteroatoms. The standard InChI is InChI=1S/2C24H29.C12H9Si.2ClH.Zr/c2*1-15(2)21-9-8-18-13-20(24(5,6)7)14-22(18)23(21)19-11-16(3)10-17(4)12-19;1-3-7-11-9(5-1)10-6-2-4-8-12(10)13-11;;;/h2*8-15H,1-7H3;1-7H,13H2;2*1H;/q;;;;;+2/p-2. The molecule has 64 heavy (non-hydrogen) atoms. The Morgan fingerprint density at radius 3 is 1.36 bits per heavy atom. The van der Waals surface area contributed by atoms with Crippen LogP contribution in [0, 0.1) is 38.5 Å². The minimum absolute atomic E-state index is 0.175. The van der Waals surface area contributed by atoms with Crippen molar-refractivity contribution in [3.8, 4) is 33.4 Å². The molecule has 0 saturated heterocycles. The van der Waals surface area contributed by atoms with Crippen LogP contribution < -0.4 is 13.6 Å². The van der Waals surface area contributed by atoms with Gasteiger partial charge in [-0.25, -0.2) is 0 Å². The first-order valence-electron chi connectivity index (χ1n) is 23.7. The van der Waals surface area contributed by atoms with Crippen molar-refractivity contribution in [3.63, 3.8) is 0 Å². The van der Waals surface area contributed by atoms with Gasteiger partial charge in [0.15, 0.2) is 0 Å². The number of hydrogen-bond acceptors (Lipinski definition) is 0. The van der Waals surface area contributed by atoms with Crippen LogP contribution in [-0.4, -0.2) is 9.52 Å². The Labute approximate surface area is 395 Å². The van der Waals surface area contributed by atoms with Crippen LogP contribution in [-0.2, 0) is 16.4 Å². The van der Waals surface area contributed by atoms with Gasteiger partial charge in [0.2, 0.25) is 0 Å². The maximum atomic E-state index is 9.63. The fourth-order valence-electron chi connectivity index (χ4n) is 12.3. The predicted octanol–water partition coefficient (Wildman–Crippen LogP) is 15.6. The summed E-state index contributed by atoms with van der Waals surface area (Å²) in [4.78, 5) is 0. The number of hydrogen-bond donors (Lipinski definition) is 0. The normalized spacial score (nSPS) is 17.9. The molecule has 0 amide bonds. The summed E-state index contributed by atoms with van der Waals surface area (Å²) in [5.41, 5.74) is 23.4. The van der Waals surface area contributed by atoms with Crippen molar-refractivity contribution in [3.05, 3.63) is 170 Å². The molecule has 2 aliphatic carbocycles. The summed E-state index contributed by atoms with van der Waals surface area (Å²) in [6, 6.07) is 40.1. The van der Waals surface area contributed by atoms with Gasteiger partial charge in [0.1, 0.15) is 0 Å². The van der Waals surface area contributed by atoms with Gasteiger partial charge < -0.3 is 0 Å². The number of halogens is 2. The van der Waals surface area contributed by atoms with Gasteiger partial charge in [0, 0.05) is 0 Å². The number of rotatable bonds is 7. The summed E-state index contributed by atoms with van der Waals surface area (Å²) in [6.45, 7) is 32.7. The molecule has 2 atom stereocenters. The van der Waals surface area contributed by atoms with Crippen LogP contribution in [0.1, 0.15) is 144 Å². The van der Waals surface area contributed by atoms with Crippen LogP contribution in [0.2, 0.25) is 0 Å². The second kappa shape index (κ2) is 15.8. The number of aryl methyl sites for hydroxylation is 4. The average Bonchev–Trinajstić information content (AvgIpc) is 3.92. The van der Waals surface area contributed by atoms with Crippen molar-refractivity contribution in [2.24, 2.45) is 10.8 Å². The van der Waals surface area contributed by atoms with Gasteiger partial charge in [-0.2, -0.15) is 0 Å². The molecule has 2 unspecified atom stereocenters. The molecule has 0 N–H and O–H groups in total. The molecule has 1 heterocycles. The molecule has 0 aromatic heterocycles. The van der Waals surface area contributed by atoms with Crippen molar-refractivity contribution in [1.82, 2.24) is 0 Å². The summed E-state index contributed by atoms with van der Waals surface area (Å²) < 4.78 is 0.935. The quantitative estimate of drug-likeness (QED) is 0.140. The number of allylic oxidation sites excluding steroid dienone is 2. The molecule has 0 nitrogen and oxygen atoms in total. The van der Waals surface area contributed by atoms with Crippen LogP contribution in [0.3, 0.4) is 0 Å². The summed E-state index contributed by atoms with van der Waals surface area (Å²) in [5, 5.41) is 2.95. The Bertz CT molecular complexity index is 2790. The van der Waals surface area contributed by atoms with Crippen LogP contribution >= 0.6 is 17.0 Å². The van der Waals surface area contributed by atoms with Crippen molar-refractivity contribution < 1.29 is 16.4 Å². The molecule has 6 aromatic rings. The minimum atomic E-state index is -5.87. The molecule has 1 aliphatic heterocycles. The van der Waals surface area contributed by atoms with Crippen LogP contribution in [0.5, 0.6) is 0 Å². The van der Waals surface area contributed by atoms with E-state index in [0.717, 1.165) is 0 Å². The Kier molecular flexibility index (Phi) is 11.3. The Hall–Kier alpha value is -3.52. The maximum absolute atomic E-state index is 9.63. The van der Waals surface area contributed by atoms with Gasteiger partial charge in [0.05, 0.1) is 0 Å². The van der Waals surface area contributed by atoms with E-state index in [2.05, 4.69) is 212 Å². The van der Waals surface area contributed by atoms with E-state index in [1.807, 2.05) is 0 Å². The molecule has 6 aromatic carbocycles. The van der Waals surface area contributed by atoms with E-state index in [9.17, 15) is 17.0 Å². The zero-order valence-electron chi connectivity index (χ0n) is 40.7. The molecule has 0 saturated carbocycles. The van der Waals surface area contributed by atoms with Crippen LogP contribution in [0.4, 0.5) is 0 Å². The first-order valence-corrected chi connectivity index (χ1v) is 35.5. The fraction of sp³-hybridized carbons (Fsp3) is 0.333. The van der Waals surface area contributed by atoms with Crippen molar-refractivity contribution in [2.45, 2.75) is 116 Å². The van der Waals surface area contributed by atoms with Crippen molar-refractivity contribution in [2.75, 3.05) is 0 Å². The number of fused-ring (bicyclic) bond motifs is 5. The molecule has 9 rings (SSSR count). The van der Waals surface area contributed by atoms with Crippen LogP contribution in [0.25, 0.3) is 45.5 Å². The SMILES string of the molecule is Cc1cc(C)cc(-c2c(C(C)C)ccc3c2C=C(C(C)(C)C)[CH]3[Zr]([Cl])([Cl])([c]2cccc3c2[SiH2]c2ccccc2-3)[CH]2C(C(C)(C)C)=Cc3c2ccc(C(C)C)c3-c2cc(C)cc(C)c2)c1. The summed E-state index contributed by atoms with van der Waals surface area (Å²) >= 11 is -5.87. The third kappa shape index (κ3) is 7.23. The summed E-state index contributed by atoms with van der Waals surface area (Å²) in [6.07, 6.45) is 5.15. The van der Waals surface area contributed by atoms with Gasteiger partial charge in [0.25, 0.3) is 0 Å². The fourth-order valence-corrected chi connectivity index (χ4v) is 40.6. The first-order chi connectivity index (χ1) is 30.0. The molecule has 329 valence electrons. The Morgan fingerprint density at radius 2 is 0.938 bits per heavy atom. The summed E-state index contributed by atoms with van der Waals surface area (Å²) in [5.74, 6) is 0.664. The van der Waals surface area contributed by atoms with Gasteiger partial charge in [-0.3, -0.25) is 0 Å². The molecule has 0 spiro atoms. The van der Waals surface area contributed by atoms with Gasteiger partial charge >= 0.3 is 399 Å². The first kappa shape index (κ1) is 45.6. The zero-order chi connectivity index (χ0) is 46.0. The van der Waals surface area contributed by atoms with E-state index in [4.69, 9.17) is 0 Å². The van der Waals surface area contributed by atoms with E-state index in [1.54, 1.807) is 0 Å². The van der Waals surface area contributed by atoms with E-state index >= 15 is 0 Å². The third-order valence-electron chi connectivity index (χ3n) is 14.9. The van der Waals surface area contributed by atoms with Crippen molar-refractivity contribution >= 4 is 52.3 Å². The second-order valence-corrected chi connectivity index (χ2v) is 44.9. The van der Waals surface area contributed by atoms with Gasteiger partial charge in [-0.1, -0.05) is 0 Å². The zero-order valence-corrected chi connectivity index (χ0v) is 46.1. The van der Waals surface area contributed by atoms with E-state index in [-0.39, 0.29) is 18.1 Å². The summed E-state index contributed by atoms with van der Waals surface area (Å²) in [7, 11) is 18.3. The third-order valence-corrected chi connectivity index (χ3v) is 37.4. The molecule has 0 fully saturated rings. The van der Waals surface area contributed by atoms with Crippen molar-refractivity contribution in [1.29, 1.82) is 0 Å². The van der Waals surface area contributed by atoms with Gasteiger partial charge in [-0.05, 0) is 0 Å². The average molecular weight is 978 g/mol. The molecular weight excluding hydrogens is 911 g/mol. The molecular formula is C60H67Cl2SiZr. The predicted molar refractivity (Wildman–Crippen MR) is 282 cm³/mol. The van der Waals surface area contributed by atoms with E-state index in [0.29, 0.717) is 11.8 Å². The monoisotopic (exact) mass is 975 g/mol. The Balaban J connectivity index is 1.45. The number of benzene rings is 6.